The van der Waals surface area contributed by atoms with Crippen LogP contribution in [0.15, 0.2) is 18.5 Å². The van der Waals surface area contributed by atoms with Gasteiger partial charge in [-0.3, -0.25) is 9.78 Å². The predicted molar refractivity (Wildman–Crippen MR) is 59.1 cm³/mol. The van der Waals surface area contributed by atoms with E-state index in [0.717, 1.165) is 0 Å². The third-order valence-electron chi connectivity index (χ3n) is 2.23. The summed E-state index contributed by atoms with van der Waals surface area (Å²) in [4.78, 5) is 15.2. The van der Waals surface area contributed by atoms with Crippen molar-refractivity contribution in [3.8, 4) is 5.75 Å². The van der Waals surface area contributed by atoms with Gasteiger partial charge in [-0.15, -0.1) is 0 Å². The minimum atomic E-state index is -0.575. The lowest BCUT2D eigenvalue weighted by Crippen LogP contribution is -2.34. The maximum absolute atomic E-state index is 11.6. The average molecular weight is 224 g/mol. The zero-order chi connectivity index (χ0) is 12.1. The summed E-state index contributed by atoms with van der Waals surface area (Å²) >= 11 is 0. The van der Waals surface area contributed by atoms with Crippen molar-refractivity contribution in [3.63, 3.8) is 0 Å². The van der Waals surface area contributed by atoms with Crippen molar-refractivity contribution in [1.29, 1.82) is 0 Å². The SMILES string of the molecule is CC(C)C(O)CNC(=O)c1cncc(O)c1. The highest BCUT2D eigenvalue weighted by Crippen LogP contribution is 2.08. The van der Waals surface area contributed by atoms with Crippen LogP contribution in [0.4, 0.5) is 0 Å². The Morgan fingerprint density at radius 2 is 2.19 bits per heavy atom. The summed E-state index contributed by atoms with van der Waals surface area (Å²) in [6, 6.07) is 1.32. The Bertz CT molecular complexity index is 366. The molecule has 88 valence electrons. The minimum absolute atomic E-state index is 0.0583. The second-order valence-electron chi connectivity index (χ2n) is 3.95. The van der Waals surface area contributed by atoms with Crippen LogP contribution >= 0.6 is 0 Å². The van der Waals surface area contributed by atoms with Crippen molar-refractivity contribution in [2.75, 3.05) is 6.54 Å². The largest absolute Gasteiger partial charge is 0.506 e. The Balaban J connectivity index is 2.53. The molecular weight excluding hydrogens is 208 g/mol. The topological polar surface area (TPSA) is 82.5 Å². The number of pyridine rings is 1. The number of carbonyl (C=O) groups excluding carboxylic acids is 1. The molecule has 1 rings (SSSR count). The number of nitrogens with one attached hydrogen (secondary N) is 1. The van der Waals surface area contributed by atoms with Crippen LogP contribution in [0.5, 0.6) is 5.75 Å². The van der Waals surface area contributed by atoms with Gasteiger partial charge >= 0.3 is 0 Å². The van der Waals surface area contributed by atoms with Crippen LogP contribution in [-0.2, 0) is 0 Å². The Labute approximate surface area is 94.1 Å². The lowest BCUT2D eigenvalue weighted by atomic mass is 10.1. The highest BCUT2D eigenvalue weighted by molar-refractivity contribution is 5.94. The minimum Gasteiger partial charge on any atom is -0.506 e. The van der Waals surface area contributed by atoms with E-state index in [9.17, 15) is 9.90 Å². The molecule has 0 radical (unpaired) electrons. The molecule has 16 heavy (non-hydrogen) atoms. The fourth-order valence-corrected chi connectivity index (χ4v) is 1.09. The third-order valence-corrected chi connectivity index (χ3v) is 2.23. The average Bonchev–Trinajstić information content (AvgIpc) is 2.25. The van der Waals surface area contributed by atoms with Gasteiger partial charge < -0.3 is 15.5 Å². The van der Waals surface area contributed by atoms with Gasteiger partial charge in [-0.1, -0.05) is 13.8 Å². The Hall–Kier alpha value is -1.62. The van der Waals surface area contributed by atoms with E-state index in [1.807, 2.05) is 13.8 Å². The number of aliphatic hydroxyl groups is 1. The number of aromatic nitrogens is 1. The van der Waals surface area contributed by atoms with Crippen LogP contribution in [0, 0.1) is 5.92 Å². The summed E-state index contributed by atoms with van der Waals surface area (Å²) in [5, 5.41) is 21.2. The molecule has 1 heterocycles. The first-order valence-corrected chi connectivity index (χ1v) is 5.11. The van der Waals surface area contributed by atoms with E-state index in [0.29, 0.717) is 0 Å². The standard InChI is InChI=1S/C11H16N2O3/c1-7(2)10(15)6-13-11(16)8-3-9(14)5-12-4-8/h3-5,7,10,14-15H,6H2,1-2H3,(H,13,16). The fourth-order valence-electron chi connectivity index (χ4n) is 1.09. The first kappa shape index (κ1) is 12.4. The Kier molecular flexibility index (Phi) is 4.25. The molecule has 1 aromatic heterocycles. The van der Waals surface area contributed by atoms with Crippen LogP contribution in [0.25, 0.3) is 0 Å². The molecule has 0 saturated carbocycles. The second-order valence-corrected chi connectivity index (χ2v) is 3.95. The van der Waals surface area contributed by atoms with E-state index >= 15 is 0 Å². The first-order valence-electron chi connectivity index (χ1n) is 5.11. The number of aromatic hydroxyl groups is 1. The number of rotatable bonds is 4. The number of hydrogen-bond acceptors (Lipinski definition) is 4. The summed E-state index contributed by atoms with van der Waals surface area (Å²) in [7, 11) is 0. The van der Waals surface area contributed by atoms with Gasteiger partial charge in [0.1, 0.15) is 5.75 Å². The van der Waals surface area contributed by atoms with Crippen LogP contribution in [-0.4, -0.2) is 33.8 Å². The highest BCUT2D eigenvalue weighted by Gasteiger charge is 2.12. The van der Waals surface area contributed by atoms with E-state index in [4.69, 9.17) is 5.11 Å². The van der Waals surface area contributed by atoms with Crippen LogP contribution in [0.2, 0.25) is 0 Å². The lowest BCUT2D eigenvalue weighted by molar-refractivity contribution is 0.0871. The number of aliphatic hydroxyl groups excluding tert-OH is 1. The van der Waals surface area contributed by atoms with Crippen LogP contribution in [0.3, 0.4) is 0 Å². The summed E-state index contributed by atoms with van der Waals surface area (Å²) < 4.78 is 0. The maximum Gasteiger partial charge on any atom is 0.253 e. The smallest absolute Gasteiger partial charge is 0.253 e. The molecule has 0 bridgehead atoms. The molecule has 0 spiro atoms. The molecule has 0 aromatic carbocycles. The quantitative estimate of drug-likeness (QED) is 0.697. The van der Waals surface area contributed by atoms with Gasteiger partial charge in [-0.2, -0.15) is 0 Å². The van der Waals surface area contributed by atoms with E-state index in [1.165, 1.54) is 18.5 Å². The molecule has 5 heteroatoms. The summed E-state index contributed by atoms with van der Waals surface area (Å²) in [6.07, 6.45) is 2.03. The van der Waals surface area contributed by atoms with Gasteiger partial charge in [0.2, 0.25) is 0 Å². The summed E-state index contributed by atoms with van der Waals surface area (Å²) in [5.41, 5.74) is 0.274. The van der Waals surface area contributed by atoms with E-state index in [1.54, 1.807) is 0 Å². The molecule has 1 unspecified atom stereocenters. The van der Waals surface area contributed by atoms with Crippen molar-refractivity contribution >= 4 is 5.91 Å². The number of amides is 1. The van der Waals surface area contributed by atoms with Gasteiger partial charge in [0.25, 0.3) is 5.91 Å². The van der Waals surface area contributed by atoms with Crippen molar-refractivity contribution in [3.05, 3.63) is 24.0 Å². The molecule has 0 saturated heterocycles. The monoisotopic (exact) mass is 224 g/mol. The Morgan fingerprint density at radius 3 is 2.75 bits per heavy atom. The molecule has 0 aliphatic heterocycles. The first-order chi connectivity index (χ1) is 7.50. The molecular formula is C11H16N2O3. The maximum atomic E-state index is 11.6. The normalized spacial score (nSPS) is 12.5. The van der Waals surface area contributed by atoms with Crippen LogP contribution < -0.4 is 5.32 Å². The lowest BCUT2D eigenvalue weighted by Gasteiger charge is -2.14. The van der Waals surface area contributed by atoms with Crippen molar-refractivity contribution in [1.82, 2.24) is 10.3 Å². The third kappa shape index (κ3) is 3.51. The second kappa shape index (κ2) is 5.46. The van der Waals surface area contributed by atoms with E-state index in [2.05, 4.69) is 10.3 Å². The molecule has 1 atom stereocenters. The molecule has 5 nitrogen and oxygen atoms in total. The van der Waals surface area contributed by atoms with Crippen LogP contribution in [0.1, 0.15) is 24.2 Å². The number of hydrogen-bond donors (Lipinski definition) is 3. The molecule has 0 fully saturated rings. The van der Waals surface area contributed by atoms with Crippen molar-refractivity contribution in [2.24, 2.45) is 5.92 Å². The molecule has 1 aromatic rings. The van der Waals surface area contributed by atoms with Gasteiger partial charge in [0, 0.05) is 12.7 Å². The van der Waals surface area contributed by atoms with E-state index in [-0.39, 0.29) is 29.7 Å². The number of nitrogens with zero attached hydrogens (tertiary/aromatic N) is 1. The molecule has 0 aliphatic rings. The van der Waals surface area contributed by atoms with Gasteiger partial charge in [0.15, 0.2) is 0 Å². The van der Waals surface area contributed by atoms with Gasteiger partial charge in [-0.05, 0) is 12.0 Å². The summed E-state index contributed by atoms with van der Waals surface area (Å²) in [5.74, 6) is -0.331. The Morgan fingerprint density at radius 1 is 1.50 bits per heavy atom. The molecule has 1 amide bonds. The highest BCUT2D eigenvalue weighted by atomic mass is 16.3. The zero-order valence-corrected chi connectivity index (χ0v) is 9.34. The fraction of sp³-hybridized carbons (Fsp3) is 0.455. The van der Waals surface area contributed by atoms with Gasteiger partial charge in [-0.25, -0.2) is 0 Å². The van der Waals surface area contributed by atoms with Gasteiger partial charge in [0.05, 0.1) is 17.9 Å². The van der Waals surface area contributed by atoms with E-state index < -0.39 is 6.10 Å². The number of carbonyl (C=O) groups is 1. The molecule has 0 aliphatic carbocycles. The van der Waals surface area contributed by atoms with Crippen molar-refractivity contribution < 1.29 is 15.0 Å². The predicted octanol–water partition coefficient (Wildman–Crippen LogP) is 0.534. The van der Waals surface area contributed by atoms with Crippen molar-refractivity contribution in [2.45, 2.75) is 20.0 Å². The zero-order valence-electron chi connectivity index (χ0n) is 9.34. The molecule has 3 N–H and O–H groups in total. The summed E-state index contributed by atoms with van der Waals surface area (Å²) in [6.45, 7) is 3.92.